The molecule has 5 heteroatoms. The van der Waals surface area contributed by atoms with Gasteiger partial charge in [0.25, 0.3) is 0 Å². The highest BCUT2D eigenvalue weighted by molar-refractivity contribution is 8.13. The van der Waals surface area contributed by atoms with Crippen LogP contribution in [0.25, 0.3) is 0 Å². The van der Waals surface area contributed by atoms with Gasteiger partial charge in [0, 0.05) is 18.0 Å². The maximum absolute atomic E-state index is 13.2. The summed E-state index contributed by atoms with van der Waals surface area (Å²) in [5.41, 5.74) is 0.464. The van der Waals surface area contributed by atoms with Gasteiger partial charge in [-0.15, -0.1) is 0 Å². The normalized spacial score (nSPS) is 14.4. The minimum Gasteiger partial charge on any atom is -0.255 e. The predicted octanol–water partition coefficient (Wildman–Crippen LogP) is 2.64. The molecule has 0 N–H and O–H groups in total. The Bertz CT molecular complexity index is 429. The highest BCUT2D eigenvalue weighted by atomic mass is 32.2. The second-order valence-corrected chi connectivity index (χ2v) is 3.90. The first-order valence-electron chi connectivity index (χ1n) is 4.39. The highest BCUT2D eigenvalue weighted by Crippen LogP contribution is 2.19. The summed E-state index contributed by atoms with van der Waals surface area (Å²) in [6.45, 7) is 0.592. The van der Waals surface area contributed by atoms with Crippen LogP contribution in [0, 0.1) is 11.6 Å². The van der Waals surface area contributed by atoms with Crippen molar-refractivity contribution in [3.05, 3.63) is 35.4 Å². The number of amidine groups is 1. The highest BCUT2D eigenvalue weighted by Gasteiger charge is 2.07. The summed E-state index contributed by atoms with van der Waals surface area (Å²) in [7, 11) is 0. The number of thioether (sulfide) groups is 1. The Morgan fingerprint density at radius 2 is 2.20 bits per heavy atom. The van der Waals surface area contributed by atoms with Crippen LogP contribution >= 0.6 is 11.8 Å². The quantitative estimate of drug-likeness (QED) is 0.760. The molecule has 0 aliphatic carbocycles. The average molecular weight is 226 g/mol. The number of halogens is 2. The second-order valence-electron chi connectivity index (χ2n) is 2.96. The number of rotatable bonds is 2. The SMILES string of the molecule is Fc1ccc(CSC2=NCC=N2)c(F)c1. The molecule has 0 amide bonds. The van der Waals surface area contributed by atoms with E-state index in [1.165, 1.54) is 23.9 Å². The smallest absolute Gasteiger partial charge is 0.183 e. The van der Waals surface area contributed by atoms with Crippen LogP contribution in [0.2, 0.25) is 0 Å². The van der Waals surface area contributed by atoms with E-state index in [0.29, 0.717) is 23.0 Å². The molecular weight excluding hydrogens is 218 g/mol. The van der Waals surface area contributed by atoms with Crippen molar-refractivity contribution in [3.8, 4) is 0 Å². The van der Waals surface area contributed by atoms with Gasteiger partial charge in [0.15, 0.2) is 5.17 Å². The molecule has 1 aliphatic rings. The molecule has 15 heavy (non-hydrogen) atoms. The fourth-order valence-electron chi connectivity index (χ4n) is 1.14. The second kappa shape index (κ2) is 4.53. The van der Waals surface area contributed by atoms with Crippen LogP contribution in [0.1, 0.15) is 5.56 Å². The van der Waals surface area contributed by atoms with E-state index in [4.69, 9.17) is 0 Å². The van der Waals surface area contributed by atoms with Gasteiger partial charge in [-0.1, -0.05) is 17.8 Å². The fourth-order valence-corrected chi connectivity index (χ4v) is 1.98. The Hall–Kier alpha value is -1.23. The van der Waals surface area contributed by atoms with E-state index in [2.05, 4.69) is 9.98 Å². The number of hydrogen-bond donors (Lipinski definition) is 0. The van der Waals surface area contributed by atoms with Gasteiger partial charge in [0.05, 0.1) is 6.54 Å². The van der Waals surface area contributed by atoms with Gasteiger partial charge in [0.2, 0.25) is 0 Å². The molecule has 1 aromatic rings. The first-order valence-corrected chi connectivity index (χ1v) is 5.38. The molecule has 0 radical (unpaired) electrons. The van der Waals surface area contributed by atoms with Crippen molar-refractivity contribution in [2.75, 3.05) is 6.54 Å². The zero-order valence-corrected chi connectivity index (χ0v) is 8.60. The van der Waals surface area contributed by atoms with Crippen molar-refractivity contribution in [1.82, 2.24) is 0 Å². The van der Waals surface area contributed by atoms with Crippen LogP contribution in [-0.4, -0.2) is 17.9 Å². The molecule has 0 aromatic heterocycles. The molecule has 78 valence electrons. The minimum absolute atomic E-state index is 0.419. The molecule has 0 saturated carbocycles. The Morgan fingerprint density at radius 3 is 2.87 bits per heavy atom. The Kier molecular flexibility index (Phi) is 3.11. The van der Waals surface area contributed by atoms with Gasteiger partial charge in [-0.3, -0.25) is 4.99 Å². The summed E-state index contributed by atoms with van der Waals surface area (Å²) in [5, 5.41) is 0.652. The molecule has 2 nitrogen and oxygen atoms in total. The van der Waals surface area contributed by atoms with E-state index in [9.17, 15) is 8.78 Å². The third-order valence-corrected chi connectivity index (χ3v) is 2.83. The van der Waals surface area contributed by atoms with Crippen molar-refractivity contribution in [2.45, 2.75) is 5.75 Å². The van der Waals surface area contributed by atoms with Gasteiger partial charge in [-0.05, 0) is 11.6 Å². The lowest BCUT2D eigenvalue weighted by Crippen LogP contribution is -1.91. The van der Waals surface area contributed by atoms with E-state index in [-0.39, 0.29) is 0 Å². The van der Waals surface area contributed by atoms with E-state index < -0.39 is 11.6 Å². The zero-order valence-electron chi connectivity index (χ0n) is 7.78. The van der Waals surface area contributed by atoms with Crippen LogP contribution in [0.15, 0.2) is 28.2 Å². The van der Waals surface area contributed by atoms with E-state index >= 15 is 0 Å². The number of benzene rings is 1. The molecule has 0 unspecified atom stereocenters. The van der Waals surface area contributed by atoms with Gasteiger partial charge >= 0.3 is 0 Å². The molecule has 0 bridgehead atoms. The molecule has 2 rings (SSSR count). The number of hydrogen-bond acceptors (Lipinski definition) is 3. The Labute approximate surface area is 90.1 Å². The third-order valence-electron chi connectivity index (χ3n) is 1.88. The molecular formula is C10H8F2N2S. The van der Waals surface area contributed by atoms with Crippen molar-refractivity contribution >= 4 is 23.1 Å². The van der Waals surface area contributed by atoms with Crippen LogP contribution in [0.3, 0.4) is 0 Å². The topological polar surface area (TPSA) is 24.7 Å². The van der Waals surface area contributed by atoms with Crippen LogP contribution < -0.4 is 0 Å². The molecule has 0 atom stereocenters. The van der Waals surface area contributed by atoms with Crippen LogP contribution in [0.4, 0.5) is 8.78 Å². The largest absolute Gasteiger partial charge is 0.255 e. The van der Waals surface area contributed by atoms with Gasteiger partial charge in [-0.25, -0.2) is 13.8 Å². The molecule has 1 heterocycles. The van der Waals surface area contributed by atoms with E-state index in [1.54, 1.807) is 6.21 Å². The zero-order chi connectivity index (χ0) is 10.7. The third kappa shape index (κ3) is 2.62. The summed E-state index contributed by atoms with van der Waals surface area (Å²) in [6.07, 6.45) is 1.70. The lowest BCUT2D eigenvalue weighted by Gasteiger charge is -2.01. The van der Waals surface area contributed by atoms with Crippen LogP contribution in [-0.2, 0) is 5.75 Å². The first-order chi connectivity index (χ1) is 7.25. The lowest BCUT2D eigenvalue weighted by atomic mass is 10.2. The molecule has 0 spiro atoms. The summed E-state index contributed by atoms with van der Waals surface area (Å²) >= 11 is 1.35. The van der Waals surface area contributed by atoms with Gasteiger partial charge in [-0.2, -0.15) is 0 Å². The van der Waals surface area contributed by atoms with Crippen molar-refractivity contribution < 1.29 is 8.78 Å². The molecule has 0 saturated heterocycles. The monoisotopic (exact) mass is 226 g/mol. The maximum atomic E-state index is 13.2. The van der Waals surface area contributed by atoms with Crippen molar-refractivity contribution in [2.24, 2.45) is 9.98 Å². The van der Waals surface area contributed by atoms with Gasteiger partial charge in [0.1, 0.15) is 11.6 Å². The summed E-state index contributed by atoms with van der Waals surface area (Å²) in [5.74, 6) is -0.662. The molecule has 0 fully saturated rings. The summed E-state index contributed by atoms with van der Waals surface area (Å²) < 4.78 is 25.8. The fraction of sp³-hybridized carbons (Fsp3) is 0.200. The van der Waals surface area contributed by atoms with Gasteiger partial charge < -0.3 is 0 Å². The molecule has 1 aliphatic heterocycles. The standard InChI is InChI=1S/C10H8F2N2S/c11-8-2-1-7(9(12)5-8)6-15-10-13-3-4-14-10/h1-3,5H,4,6H2. The Morgan fingerprint density at radius 1 is 1.33 bits per heavy atom. The van der Waals surface area contributed by atoms with Crippen molar-refractivity contribution in [1.29, 1.82) is 0 Å². The summed E-state index contributed by atoms with van der Waals surface area (Å²) in [6, 6.07) is 3.57. The van der Waals surface area contributed by atoms with E-state index in [0.717, 1.165) is 6.07 Å². The minimum atomic E-state index is -0.558. The van der Waals surface area contributed by atoms with Crippen LogP contribution in [0.5, 0.6) is 0 Å². The number of nitrogens with zero attached hydrogens (tertiary/aromatic N) is 2. The lowest BCUT2D eigenvalue weighted by molar-refractivity contribution is 0.577. The number of aliphatic imine (C=N–C) groups is 2. The average Bonchev–Trinajstić information content (AvgIpc) is 2.69. The Balaban J connectivity index is 2.01. The molecule has 1 aromatic carbocycles. The first kappa shape index (κ1) is 10.3. The maximum Gasteiger partial charge on any atom is 0.183 e. The van der Waals surface area contributed by atoms with Crippen molar-refractivity contribution in [3.63, 3.8) is 0 Å². The predicted molar refractivity (Wildman–Crippen MR) is 58.4 cm³/mol. The van der Waals surface area contributed by atoms with E-state index in [1.807, 2.05) is 0 Å². The summed E-state index contributed by atoms with van der Waals surface area (Å²) in [4.78, 5) is 8.05.